The third-order valence-electron chi connectivity index (χ3n) is 3.49. The highest BCUT2D eigenvalue weighted by Gasteiger charge is 2.12. The van der Waals surface area contributed by atoms with Gasteiger partial charge in [0, 0.05) is 11.8 Å². The van der Waals surface area contributed by atoms with Gasteiger partial charge in [-0.3, -0.25) is 9.78 Å². The maximum absolute atomic E-state index is 12.3. The predicted molar refractivity (Wildman–Crippen MR) is 84.1 cm³/mol. The van der Waals surface area contributed by atoms with E-state index >= 15 is 0 Å². The summed E-state index contributed by atoms with van der Waals surface area (Å²) in [6.07, 6.45) is 1.73. The van der Waals surface area contributed by atoms with Crippen LogP contribution in [0.2, 0.25) is 0 Å². The molecule has 0 radical (unpaired) electrons. The SMILES string of the molecule is C[C@H](NC(=O)c1ccc2ccccc2c1)c1ccccn1. The van der Waals surface area contributed by atoms with Gasteiger partial charge in [0.05, 0.1) is 11.7 Å². The van der Waals surface area contributed by atoms with Crippen LogP contribution in [0.5, 0.6) is 0 Å². The first kappa shape index (κ1) is 13.3. The van der Waals surface area contributed by atoms with Crippen LogP contribution in [0.1, 0.15) is 29.0 Å². The summed E-state index contributed by atoms with van der Waals surface area (Å²) in [4.78, 5) is 16.6. The van der Waals surface area contributed by atoms with Crippen molar-refractivity contribution in [3.05, 3.63) is 78.1 Å². The molecule has 0 aliphatic rings. The molecule has 104 valence electrons. The van der Waals surface area contributed by atoms with Gasteiger partial charge < -0.3 is 5.32 Å². The second-order valence-electron chi connectivity index (χ2n) is 5.01. The summed E-state index contributed by atoms with van der Waals surface area (Å²) in [7, 11) is 0. The smallest absolute Gasteiger partial charge is 0.251 e. The van der Waals surface area contributed by atoms with E-state index in [2.05, 4.69) is 10.3 Å². The van der Waals surface area contributed by atoms with Crippen molar-refractivity contribution in [3.8, 4) is 0 Å². The average molecular weight is 276 g/mol. The Balaban J connectivity index is 1.80. The molecule has 1 aromatic heterocycles. The lowest BCUT2D eigenvalue weighted by atomic mass is 10.1. The lowest BCUT2D eigenvalue weighted by Gasteiger charge is -2.13. The minimum absolute atomic E-state index is 0.0843. The van der Waals surface area contributed by atoms with Crippen LogP contribution in [0.15, 0.2) is 66.9 Å². The van der Waals surface area contributed by atoms with Crippen LogP contribution in [0.3, 0.4) is 0 Å². The van der Waals surface area contributed by atoms with Crippen molar-refractivity contribution < 1.29 is 4.79 Å². The first-order chi connectivity index (χ1) is 10.2. The number of amides is 1. The number of carbonyl (C=O) groups is 1. The van der Waals surface area contributed by atoms with Gasteiger partial charge in [0.15, 0.2) is 0 Å². The van der Waals surface area contributed by atoms with Crippen molar-refractivity contribution in [1.29, 1.82) is 0 Å². The zero-order chi connectivity index (χ0) is 14.7. The van der Waals surface area contributed by atoms with Crippen molar-refractivity contribution in [3.63, 3.8) is 0 Å². The van der Waals surface area contributed by atoms with Crippen molar-refractivity contribution in [2.24, 2.45) is 0 Å². The first-order valence-electron chi connectivity index (χ1n) is 6.94. The number of pyridine rings is 1. The zero-order valence-electron chi connectivity index (χ0n) is 11.8. The van der Waals surface area contributed by atoms with Gasteiger partial charge in [-0.1, -0.05) is 36.4 Å². The van der Waals surface area contributed by atoms with Crippen LogP contribution >= 0.6 is 0 Å². The Morgan fingerprint density at radius 1 is 1.00 bits per heavy atom. The van der Waals surface area contributed by atoms with Crippen molar-refractivity contribution >= 4 is 16.7 Å². The Kier molecular flexibility index (Phi) is 3.65. The fourth-order valence-electron chi connectivity index (χ4n) is 2.32. The highest BCUT2D eigenvalue weighted by atomic mass is 16.1. The molecule has 0 saturated carbocycles. The molecule has 0 spiro atoms. The van der Waals surface area contributed by atoms with E-state index in [0.717, 1.165) is 16.5 Å². The Morgan fingerprint density at radius 2 is 1.76 bits per heavy atom. The van der Waals surface area contributed by atoms with Crippen LogP contribution in [0.4, 0.5) is 0 Å². The predicted octanol–water partition coefficient (Wildman–Crippen LogP) is 3.73. The number of nitrogens with zero attached hydrogens (tertiary/aromatic N) is 1. The lowest BCUT2D eigenvalue weighted by Crippen LogP contribution is -2.27. The van der Waals surface area contributed by atoms with E-state index in [1.54, 1.807) is 6.20 Å². The molecule has 0 aliphatic carbocycles. The molecule has 1 amide bonds. The van der Waals surface area contributed by atoms with E-state index in [1.165, 1.54) is 0 Å². The van der Waals surface area contributed by atoms with E-state index < -0.39 is 0 Å². The molecule has 0 saturated heterocycles. The largest absolute Gasteiger partial charge is 0.344 e. The topological polar surface area (TPSA) is 42.0 Å². The van der Waals surface area contributed by atoms with Gasteiger partial charge in [-0.25, -0.2) is 0 Å². The molecule has 2 aromatic carbocycles. The van der Waals surface area contributed by atoms with Gasteiger partial charge in [0.25, 0.3) is 5.91 Å². The fraction of sp³-hybridized carbons (Fsp3) is 0.111. The number of carbonyl (C=O) groups excluding carboxylic acids is 1. The summed E-state index contributed by atoms with van der Waals surface area (Å²) in [5.41, 5.74) is 1.52. The standard InChI is InChI=1S/C18H16N2O/c1-13(17-8-4-5-11-19-17)20-18(21)16-10-9-14-6-2-3-7-15(14)12-16/h2-13H,1H3,(H,20,21)/t13-/m0/s1. The Bertz CT molecular complexity index is 768. The number of nitrogens with one attached hydrogen (secondary N) is 1. The number of aromatic nitrogens is 1. The van der Waals surface area contributed by atoms with Crippen molar-refractivity contribution in [2.45, 2.75) is 13.0 Å². The minimum atomic E-state index is -0.120. The Hall–Kier alpha value is -2.68. The van der Waals surface area contributed by atoms with E-state index in [9.17, 15) is 4.79 Å². The van der Waals surface area contributed by atoms with E-state index in [-0.39, 0.29) is 11.9 Å². The molecule has 0 bridgehead atoms. The molecule has 3 aromatic rings. The van der Waals surface area contributed by atoms with Gasteiger partial charge in [0.1, 0.15) is 0 Å². The van der Waals surface area contributed by atoms with Gasteiger partial charge in [0.2, 0.25) is 0 Å². The fourth-order valence-corrected chi connectivity index (χ4v) is 2.32. The number of hydrogen-bond acceptors (Lipinski definition) is 2. The molecule has 3 rings (SSSR count). The lowest BCUT2D eigenvalue weighted by molar-refractivity contribution is 0.0939. The highest BCUT2D eigenvalue weighted by molar-refractivity contribution is 5.98. The van der Waals surface area contributed by atoms with Crippen molar-refractivity contribution in [2.75, 3.05) is 0 Å². The summed E-state index contributed by atoms with van der Waals surface area (Å²) in [6, 6.07) is 19.3. The van der Waals surface area contributed by atoms with E-state index in [4.69, 9.17) is 0 Å². The molecule has 3 nitrogen and oxygen atoms in total. The van der Waals surface area contributed by atoms with Crippen LogP contribution in [0, 0.1) is 0 Å². The number of fused-ring (bicyclic) bond motifs is 1. The molecule has 0 unspecified atom stereocenters. The summed E-state index contributed by atoms with van der Waals surface area (Å²) >= 11 is 0. The molecule has 1 N–H and O–H groups in total. The Morgan fingerprint density at radius 3 is 2.52 bits per heavy atom. The molecule has 1 atom stereocenters. The van der Waals surface area contributed by atoms with Crippen LogP contribution in [-0.2, 0) is 0 Å². The quantitative estimate of drug-likeness (QED) is 0.792. The van der Waals surface area contributed by atoms with Gasteiger partial charge >= 0.3 is 0 Å². The summed E-state index contributed by atoms with van der Waals surface area (Å²) in [5, 5.41) is 5.17. The molecule has 3 heteroatoms. The second-order valence-corrected chi connectivity index (χ2v) is 5.01. The molecule has 0 fully saturated rings. The first-order valence-corrected chi connectivity index (χ1v) is 6.94. The summed E-state index contributed by atoms with van der Waals surface area (Å²) in [6.45, 7) is 1.93. The zero-order valence-corrected chi connectivity index (χ0v) is 11.8. The Labute approximate surface area is 123 Å². The van der Waals surface area contributed by atoms with Gasteiger partial charge in [-0.15, -0.1) is 0 Å². The summed E-state index contributed by atoms with van der Waals surface area (Å²) < 4.78 is 0. The summed E-state index contributed by atoms with van der Waals surface area (Å²) in [5.74, 6) is -0.0843. The number of rotatable bonds is 3. The van der Waals surface area contributed by atoms with Crippen LogP contribution in [-0.4, -0.2) is 10.9 Å². The maximum Gasteiger partial charge on any atom is 0.251 e. The normalized spacial score (nSPS) is 12.0. The second kappa shape index (κ2) is 5.75. The van der Waals surface area contributed by atoms with Gasteiger partial charge in [-0.05, 0) is 42.0 Å². The van der Waals surface area contributed by atoms with Gasteiger partial charge in [-0.2, -0.15) is 0 Å². The number of benzene rings is 2. The molecular weight excluding hydrogens is 260 g/mol. The van der Waals surface area contributed by atoms with Crippen molar-refractivity contribution in [1.82, 2.24) is 10.3 Å². The van der Waals surface area contributed by atoms with E-state index in [0.29, 0.717) is 5.56 Å². The minimum Gasteiger partial charge on any atom is -0.344 e. The van der Waals surface area contributed by atoms with E-state index in [1.807, 2.05) is 67.6 Å². The average Bonchev–Trinajstić information content (AvgIpc) is 2.55. The molecule has 21 heavy (non-hydrogen) atoms. The third kappa shape index (κ3) is 2.92. The third-order valence-corrected chi connectivity index (χ3v) is 3.49. The molecule has 1 heterocycles. The highest BCUT2D eigenvalue weighted by Crippen LogP contribution is 2.16. The van der Waals surface area contributed by atoms with Crippen LogP contribution in [0.25, 0.3) is 10.8 Å². The maximum atomic E-state index is 12.3. The van der Waals surface area contributed by atoms with Crippen LogP contribution < -0.4 is 5.32 Å². The molecular formula is C18H16N2O. The number of hydrogen-bond donors (Lipinski definition) is 1. The molecule has 0 aliphatic heterocycles. The monoisotopic (exact) mass is 276 g/mol.